The van der Waals surface area contributed by atoms with E-state index < -0.39 is 24.2 Å². The highest BCUT2D eigenvalue weighted by molar-refractivity contribution is 5.74. The van der Waals surface area contributed by atoms with Gasteiger partial charge in [-0.2, -0.15) is 5.10 Å². The predicted octanol–water partition coefficient (Wildman–Crippen LogP) is 5.34. The molecule has 5 nitrogen and oxygen atoms in total. The number of hydrogen-bond donors (Lipinski definition) is 1. The van der Waals surface area contributed by atoms with E-state index in [0.717, 1.165) is 17.7 Å². The van der Waals surface area contributed by atoms with Gasteiger partial charge in [-0.15, -0.1) is 0 Å². The maximum absolute atomic E-state index is 14.1. The lowest BCUT2D eigenvalue weighted by Gasteiger charge is -2.09. The fourth-order valence-corrected chi connectivity index (χ4v) is 3.44. The Bertz CT molecular complexity index is 1270. The zero-order valence-electron chi connectivity index (χ0n) is 17.3. The van der Waals surface area contributed by atoms with E-state index in [1.807, 2.05) is 30.3 Å². The zero-order valence-corrected chi connectivity index (χ0v) is 17.3. The number of benzene rings is 3. The van der Waals surface area contributed by atoms with Crippen LogP contribution in [-0.4, -0.2) is 27.5 Å². The molecule has 0 aliphatic carbocycles. The van der Waals surface area contributed by atoms with Crippen molar-refractivity contribution in [2.45, 2.75) is 13.0 Å². The Morgan fingerprint density at radius 2 is 1.64 bits per heavy atom. The molecular weight excluding hydrogens is 433 g/mol. The van der Waals surface area contributed by atoms with Crippen LogP contribution in [0.25, 0.3) is 22.5 Å². The van der Waals surface area contributed by atoms with Gasteiger partial charge in [0.2, 0.25) is 0 Å². The van der Waals surface area contributed by atoms with E-state index in [1.54, 1.807) is 22.9 Å². The first-order valence-corrected chi connectivity index (χ1v) is 10.1. The summed E-state index contributed by atoms with van der Waals surface area (Å²) in [5, 5.41) is 13.5. The average Bonchev–Trinajstić information content (AvgIpc) is 3.23. The molecule has 0 saturated carbocycles. The minimum atomic E-state index is -1.26. The summed E-state index contributed by atoms with van der Waals surface area (Å²) in [6, 6.07) is 19.0. The number of halogens is 3. The zero-order chi connectivity index (χ0) is 23.4. The Kier molecular flexibility index (Phi) is 6.44. The van der Waals surface area contributed by atoms with E-state index in [4.69, 9.17) is 9.84 Å². The van der Waals surface area contributed by atoms with Crippen LogP contribution in [0.15, 0.2) is 72.8 Å². The van der Waals surface area contributed by atoms with Crippen molar-refractivity contribution >= 4 is 5.97 Å². The summed E-state index contributed by atoms with van der Waals surface area (Å²) in [5.74, 6) is -4.07. The molecule has 1 N–H and O–H groups in total. The van der Waals surface area contributed by atoms with Crippen molar-refractivity contribution in [3.63, 3.8) is 0 Å². The molecule has 0 bridgehead atoms. The molecule has 0 saturated heterocycles. The second-order valence-electron chi connectivity index (χ2n) is 7.33. The van der Waals surface area contributed by atoms with Gasteiger partial charge in [-0.1, -0.05) is 30.3 Å². The van der Waals surface area contributed by atoms with Gasteiger partial charge < -0.3 is 9.84 Å². The van der Waals surface area contributed by atoms with E-state index >= 15 is 0 Å². The molecule has 0 aliphatic rings. The highest BCUT2D eigenvalue weighted by Crippen LogP contribution is 2.34. The molecule has 0 radical (unpaired) electrons. The molecule has 33 heavy (non-hydrogen) atoms. The summed E-state index contributed by atoms with van der Waals surface area (Å²) in [4.78, 5) is 10.9. The third kappa shape index (κ3) is 5.23. The van der Waals surface area contributed by atoms with Gasteiger partial charge in [-0.3, -0.25) is 4.68 Å². The molecule has 0 spiro atoms. The fraction of sp³-hybridized carbons (Fsp3) is 0.120. The van der Waals surface area contributed by atoms with Crippen molar-refractivity contribution in [1.29, 1.82) is 0 Å². The van der Waals surface area contributed by atoms with Crippen molar-refractivity contribution in [2.24, 2.45) is 0 Å². The number of carboxylic acids is 1. The van der Waals surface area contributed by atoms with Crippen molar-refractivity contribution in [2.75, 3.05) is 6.61 Å². The van der Waals surface area contributed by atoms with Gasteiger partial charge in [-0.05, 0) is 48.4 Å². The second-order valence-corrected chi connectivity index (χ2v) is 7.33. The van der Waals surface area contributed by atoms with Crippen LogP contribution >= 0.6 is 0 Å². The molecule has 168 valence electrons. The summed E-state index contributed by atoms with van der Waals surface area (Å²) in [5.41, 5.74) is 2.77. The van der Waals surface area contributed by atoms with Gasteiger partial charge in [-0.25, -0.2) is 18.0 Å². The number of hydrogen-bond acceptors (Lipinski definition) is 3. The van der Waals surface area contributed by atoms with E-state index in [1.165, 1.54) is 12.1 Å². The third-order valence-corrected chi connectivity index (χ3v) is 5.02. The standard InChI is InChI=1S/C25H19F3N2O3/c26-18-8-6-17(7-9-18)23-14-22(29-30(23)11-10-16-4-2-1-3-5-16)19-12-20(27)21(28)13-24(19)33-15-25(31)32/h1-9,12-14H,10-11,15H2,(H,31,32). The topological polar surface area (TPSA) is 64.3 Å². The van der Waals surface area contributed by atoms with Crippen LogP contribution in [0.3, 0.4) is 0 Å². The monoisotopic (exact) mass is 452 g/mol. The summed E-state index contributed by atoms with van der Waals surface area (Å²) in [7, 11) is 0. The molecule has 0 fully saturated rings. The molecule has 4 rings (SSSR count). The maximum Gasteiger partial charge on any atom is 0.341 e. The fourth-order valence-electron chi connectivity index (χ4n) is 3.44. The highest BCUT2D eigenvalue weighted by atomic mass is 19.2. The lowest BCUT2D eigenvalue weighted by Crippen LogP contribution is -2.10. The number of ether oxygens (including phenoxy) is 1. The normalized spacial score (nSPS) is 10.9. The number of aliphatic carboxylic acids is 1. The number of aromatic nitrogens is 2. The second kappa shape index (κ2) is 9.60. The van der Waals surface area contributed by atoms with Crippen molar-refractivity contribution < 1.29 is 27.8 Å². The Morgan fingerprint density at radius 1 is 0.939 bits per heavy atom. The van der Waals surface area contributed by atoms with E-state index in [9.17, 15) is 18.0 Å². The van der Waals surface area contributed by atoms with Crippen molar-refractivity contribution in [3.8, 4) is 28.3 Å². The van der Waals surface area contributed by atoms with E-state index in [-0.39, 0.29) is 22.8 Å². The third-order valence-electron chi connectivity index (χ3n) is 5.02. The van der Waals surface area contributed by atoms with Gasteiger partial charge in [0.1, 0.15) is 11.6 Å². The lowest BCUT2D eigenvalue weighted by molar-refractivity contribution is -0.139. The Morgan fingerprint density at radius 3 is 2.33 bits per heavy atom. The largest absolute Gasteiger partial charge is 0.481 e. The van der Waals surface area contributed by atoms with Crippen LogP contribution in [0.2, 0.25) is 0 Å². The van der Waals surface area contributed by atoms with Gasteiger partial charge >= 0.3 is 5.97 Å². The summed E-state index contributed by atoms with van der Waals surface area (Å²) in [6.07, 6.45) is 0.649. The molecule has 0 amide bonds. The Hall–Kier alpha value is -4.07. The van der Waals surface area contributed by atoms with E-state index in [2.05, 4.69) is 5.10 Å². The molecule has 4 aromatic rings. The van der Waals surface area contributed by atoms with Gasteiger partial charge in [0.05, 0.1) is 11.4 Å². The molecule has 0 unspecified atom stereocenters. The van der Waals surface area contributed by atoms with Crippen LogP contribution in [0.5, 0.6) is 5.75 Å². The van der Waals surface area contributed by atoms with Gasteiger partial charge in [0.25, 0.3) is 0 Å². The predicted molar refractivity (Wildman–Crippen MR) is 116 cm³/mol. The molecular formula is C25H19F3N2O3. The number of carboxylic acid groups (broad SMARTS) is 1. The number of aryl methyl sites for hydroxylation is 2. The van der Waals surface area contributed by atoms with E-state index in [0.29, 0.717) is 24.2 Å². The minimum Gasteiger partial charge on any atom is -0.481 e. The molecule has 8 heteroatoms. The summed E-state index contributed by atoms with van der Waals surface area (Å²) in [6.45, 7) is -0.261. The van der Waals surface area contributed by atoms with Crippen molar-refractivity contribution in [3.05, 3.63) is 95.8 Å². The highest BCUT2D eigenvalue weighted by Gasteiger charge is 2.19. The molecule has 0 aliphatic heterocycles. The number of nitrogens with zero attached hydrogens (tertiary/aromatic N) is 2. The summed E-state index contributed by atoms with van der Waals surface area (Å²) >= 11 is 0. The van der Waals surface area contributed by atoms with Crippen LogP contribution in [0.1, 0.15) is 5.56 Å². The average molecular weight is 452 g/mol. The van der Waals surface area contributed by atoms with Crippen LogP contribution in [-0.2, 0) is 17.8 Å². The molecule has 1 aromatic heterocycles. The van der Waals surface area contributed by atoms with Crippen LogP contribution in [0, 0.1) is 17.5 Å². The first-order chi connectivity index (χ1) is 15.9. The number of rotatable bonds is 8. The van der Waals surface area contributed by atoms with Crippen LogP contribution in [0.4, 0.5) is 13.2 Å². The Balaban J connectivity index is 1.77. The first kappa shape index (κ1) is 22.1. The van der Waals surface area contributed by atoms with Crippen LogP contribution < -0.4 is 4.74 Å². The Labute approximate surface area is 187 Å². The summed E-state index contributed by atoms with van der Waals surface area (Å²) < 4.78 is 48.2. The van der Waals surface area contributed by atoms with Crippen molar-refractivity contribution in [1.82, 2.24) is 9.78 Å². The maximum atomic E-state index is 14.1. The minimum absolute atomic E-state index is 0.108. The first-order valence-electron chi connectivity index (χ1n) is 10.1. The smallest absolute Gasteiger partial charge is 0.341 e. The molecule has 1 heterocycles. The SMILES string of the molecule is O=C(O)COc1cc(F)c(F)cc1-c1cc(-c2ccc(F)cc2)n(CCc2ccccc2)n1. The quantitative estimate of drug-likeness (QED) is 0.392. The van der Waals surface area contributed by atoms with Gasteiger partial charge in [0.15, 0.2) is 18.2 Å². The lowest BCUT2D eigenvalue weighted by atomic mass is 10.1. The molecule has 0 atom stereocenters. The van der Waals surface area contributed by atoms with Gasteiger partial charge in [0, 0.05) is 23.7 Å². The molecule has 3 aromatic carbocycles. The number of carbonyl (C=O) groups is 1.